The molecule has 4 aromatic rings. The van der Waals surface area contributed by atoms with E-state index in [1.54, 1.807) is 19.2 Å². The van der Waals surface area contributed by atoms with Crippen LogP contribution in [0.15, 0.2) is 77.3 Å². The van der Waals surface area contributed by atoms with Crippen LogP contribution in [0.1, 0.15) is 21.7 Å². The standard InChI is InChI=1S/C23H20BrN3O2/c1-29-19-12-6-16(7-13-19)15-27-21-5-3-2-4-20(21)26-22(27)14-25-23(28)17-8-10-18(24)11-9-17/h2-13H,14-15H2,1H3,(H,25,28). The second-order valence-corrected chi connectivity index (χ2v) is 7.56. The summed E-state index contributed by atoms with van der Waals surface area (Å²) >= 11 is 3.39. The molecule has 0 fully saturated rings. The van der Waals surface area contributed by atoms with E-state index in [4.69, 9.17) is 9.72 Å². The summed E-state index contributed by atoms with van der Waals surface area (Å²) in [5.41, 5.74) is 3.70. The molecule has 0 spiro atoms. The summed E-state index contributed by atoms with van der Waals surface area (Å²) in [6.07, 6.45) is 0. The zero-order valence-corrected chi connectivity index (χ0v) is 17.5. The molecule has 29 heavy (non-hydrogen) atoms. The Bertz CT molecular complexity index is 1140. The second kappa shape index (κ2) is 8.49. The summed E-state index contributed by atoms with van der Waals surface area (Å²) in [7, 11) is 1.66. The molecular weight excluding hydrogens is 430 g/mol. The number of methoxy groups -OCH3 is 1. The van der Waals surface area contributed by atoms with Gasteiger partial charge in [0.1, 0.15) is 11.6 Å². The number of fused-ring (bicyclic) bond motifs is 1. The Balaban J connectivity index is 1.58. The lowest BCUT2D eigenvalue weighted by Crippen LogP contribution is -2.24. The largest absolute Gasteiger partial charge is 0.497 e. The van der Waals surface area contributed by atoms with Gasteiger partial charge in [-0.1, -0.05) is 40.2 Å². The molecule has 0 saturated carbocycles. The third-order valence-electron chi connectivity index (χ3n) is 4.75. The van der Waals surface area contributed by atoms with E-state index in [9.17, 15) is 4.79 Å². The van der Waals surface area contributed by atoms with Gasteiger partial charge in [0.25, 0.3) is 5.91 Å². The molecule has 0 atom stereocenters. The molecule has 6 heteroatoms. The first-order valence-electron chi connectivity index (χ1n) is 9.25. The Morgan fingerprint density at radius 1 is 1.03 bits per heavy atom. The number of carbonyl (C=O) groups is 1. The third-order valence-corrected chi connectivity index (χ3v) is 5.28. The lowest BCUT2D eigenvalue weighted by atomic mass is 10.2. The molecule has 146 valence electrons. The number of para-hydroxylation sites is 2. The number of halogens is 1. The van der Waals surface area contributed by atoms with Crippen LogP contribution in [0.25, 0.3) is 11.0 Å². The van der Waals surface area contributed by atoms with Gasteiger partial charge in [-0.25, -0.2) is 4.98 Å². The maximum Gasteiger partial charge on any atom is 0.251 e. The van der Waals surface area contributed by atoms with Crippen molar-refractivity contribution in [3.8, 4) is 5.75 Å². The summed E-state index contributed by atoms with van der Waals surface area (Å²) in [4.78, 5) is 17.2. The molecule has 5 nitrogen and oxygen atoms in total. The van der Waals surface area contributed by atoms with Gasteiger partial charge in [0.2, 0.25) is 0 Å². The van der Waals surface area contributed by atoms with E-state index in [0.717, 1.165) is 32.6 Å². The fourth-order valence-electron chi connectivity index (χ4n) is 3.21. The Kier molecular flexibility index (Phi) is 5.62. The number of carbonyl (C=O) groups excluding carboxylic acids is 1. The molecule has 0 aliphatic carbocycles. The number of hydrogen-bond donors (Lipinski definition) is 1. The van der Waals surface area contributed by atoms with Crippen molar-refractivity contribution in [1.29, 1.82) is 0 Å². The van der Waals surface area contributed by atoms with Gasteiger partial charge in [-0.3, -0.25) is 4.79 Å². The maximum atomic E-state index is 12.5. The van der Waals surface area contributed by atoms with E-state index in [-0.39, 0.29) is 5.91 Å². The van der Waals surface area contributed by atoms with Gasteiger partial charge in [-0.2, -0.15) is 0 Å². The fraction of sp³-hybridized carbons (Fsp3) is 0.130. The minimum absolute atomic E-state index is 0.124. The van der Waals surface area contributed by atoms with Crippen molar-refractivity contribution in [2.75, 3.05) is 7.11 Å². The average Bonchev–Trinajstić information content (AvgIpc) is 3.10. The molecule has 1 aromatic heterocycles. The molecule has 4 rings (SSSR count). The van der Waals surface area contributed by atoms with Crippen molar-refractivity contribution in [3.63, 3.8) is 0 Å². The molecule has 1 heterocycles. The van der Waals surface area contributed by atoms with Crippen molar-refractivity contribution in [3.05, 3.63) is 94.2 Å². The third kappa shape index (κ3) is 4.32. The van der Waals surface area contributed by atoms with E-state index >= 15 is 0 Å². The zero-order valence-electron chi connectivity index (χ0n) is 15.9. The number of imidazole rings is 1. The molecule has 0 aliphatic heterocycles. The summed E-state index contributed by atoms with van der Waals surface area (Å²) < 4.78 is 8.32. The van der Waals surface area contributed by atoms with Crippen LogP contribution >= 0.6 is 15.9 Å². The molecule has 0 unspecified atom stereocenters. The fourth-order valence-corrected chi connectivity index (χ4v) is 3.48. The monoisotopic (exact) mass is 449 g/mol. The molecule has 3 aromatic carbocycles. The highest BCUT2D eigenvalue weighted by Gasteiger charge is 2.13. The van der Waals surface area contributed by atoms with E-state index < -0.39 is 0 Å². The minimum atomic E-state index is -0.124. The molecule has 0 bridgehead atoms. The second-order valence-electron chi connectivity index (χ2n) is 6.64. The predicted molar refractivity (Wildman–Crippen MR) is 117 cm³/mol. The van der Waals surface area contributed by atoms with Gasteiger partial charge >= 0.3 is 0 Å². The highest BCUT2D eigenvalue weighted by atomic mass is 79.9. The summed E-state index contributed by atoms with van der Waals surface area (Å²) in [5.74, 6) is 1.51. The van der Waals surface area contributed by atoms with Crippen LogP contribution < -0.4 is 10.1 Å². The number of benzene rings is 3. The lowest BCUT2D eigenvalue weighted by Gasteiger charge is -2.11. The SMILES string of the molecule is COc1ccc(Cn2c(CNC(=O)c3ccc(Br)cc3)nc3ccccc32)cc1. The van der Waals surface area contributed by atoms with Gasteiger partial charge in [-0.05, 0) is 54.1 Å². The number of ether oxygens (including phenoxy) is 1. The maximum absolute atomic E-state index is 12.5. The Labute approximate surface area is 177 Å². The number of nitrogens with zero attached hydrogens (tertiary/aromatic N) is 2. The van der Waals surface area contributed by atoms with E-state index in [1.807, 2.05) is 60.7 Å². The number of amides is 1. The van der Waals surface area contributed by atoms with E-state index in [1.165, 1.54) is 0 Å². The van der Waals surface area contributed by atoms with Gasteiger partial charge in [-0.15, -0.1) is 0 Å². The minimum Gasteiger partial charge on any atom is -0.497 e. The smallest absolute Gasteiger partial charge is 0.251 e. The zero-order chi connectivity index (χ0) is 20.2. The quantitative estimate of drug-likeness (QED) is 0.460. The summed E-state index contributed by atoms with van der Waals surface area (Å²) in [5, 5.41) is 2.98. The van der Waals surface area contributed by atoms with E-state index in [2.05, 4.69) is 25.8 Å². The first-order chi connectivity index (χ1) is 14.1. The number of nitrogens with one attached hydrogen (secondary N) is 1. The van der Waals surface area contributed by atoms with Gasteiger partial charge in [0.05, 0.1) is 24.7 Å². The van der Waals surface area contributed by atoms with Crippen LogP contribution in [0.2, 0.25) is 0 Å². The molecule has 0 aliphatic rings. The Morgan fingerprint density at radius 2 is 1.76 bits per heavy atom. The van der Waals surface area contributed by atoms with Gasteiger partial charge in [0.15, 0.2) is 0 Å². The van der Waals surface area contributed by atoms with Crippen LogP contribution in [-0.2, 0) is 13.1 Å². The molecule has 0 saturated heterocycles. The summed E-state index contributed by atoms with van der Waals surface area (Å²) in [6.45, 7) is 1.01. The Hall–Kier alpha value is -3.12. The molecule has 1 amide bonds. The van der Waals surface area contributed by atoms with Crippen molar-refractivity contribution < 1.29 is 9.53 Å². The molecule has 0 radical (unpaired) electrons. The number of rotatable bonds is 6. The first-order valence-corrected chi connectivity index (χ1v) is 10.0. The van der Waals surface area contributed by atoms with E-state index in [0.29, 0.717) is 18.7 Å². The van der Waals surface area contributed by atoms with Crippen molar-refractivity contribution in [2.45, 2.75) is 13.1 Å². The van der Waals surface area contributed by atoms with Crippen LogP contribution in [-0.4, -0.2) is 22.6 Å². The topological polar surface area (TPSA) is 56.1 Å². The molecule has 1 N–H and O–H groups in total. The van der Waals surface area contributed by atoms with Crippen molar-refractivity contribution >= 4 is 32.9 Å². The molecular formula is C23H20BrN3O2. The highest BCUT2D eigenvalue weighted by molar-refractivity contribution is 9.10. The van der Waals surface area contributed by atoms with Crippen molar-refractivity contribution in [1.82, 2.24) is 14.9 Å². The van der Waals surface area contributed by atoms with Gasteiger partial charge in [0, 0.05) is 16.6 Å². The highest BCUT2D eigenvalue weighted by Crippen LogP contribution is 2.20. The van der Waals surface area contributed by atoms with Gasteiger partial charge < -0.3 is 14.6 Å². The average molecular weight is 450 g/mol. The van der Waals surface area contributed by atoms with Crippen LogP contribution in [0.4, 0.5) is 0 Å². The first kappa shape index (κ1) is 19.2. The normalized spacial score (nSPS) is 10.8. The Morgan fingerprint density at radius 3 is 2.48 bits per heavy atom. The number of hydrogen-bond acceptors (Lipinski definition) is 3. The summed E-state index contributed by atoms with van der Waals surface area (Å²) in [6, 6.07) is 23.3. The van der Waals surface area contributed by atoms with Crippen molar-refractivity contribution in [2.24, 2.45) is 0 Å². The van der Waals surface area contributed by atoms with Crippen LogP contribution in [0, 0.1) is 0 Å². The number of aromatic nitrogens is 2. The van der Waals surface area contributed by atoms with Crippen LogP contribution in [0.3, 0.4) is 0 Å². The lowest BCUT2D eigenvalue weighted by molar-refractivity contribution is 0.0949. The predicted octanol–water partition coefficient (Wildman–Crippen LogP) is 4.79. The van der Waals surface area contributed by atoms with Crippen LogP contribution in [0.5, 0.6) is 5.75 Å².